The Labute approximate surface area is 244 Å². The fourth-order valence-corrected chi connectivity index (χ4v) is 5.15. The summed E-state index contributed by atoms with van der Waals surface area (Å²) in [6, 6.07) is 41.3. The summed E-state index contributed by atoms with van der Waals surface area (Å²) in [6.07, 6.45) is 0. The van der Waals surface area contributed by atoms with Gasteiger partial charge in [0.25, 0.3) is 0 Å². The molecule has 0 radical (unpaired) electrons. The summed E-state index contributed by atoms with van der Waals surface area (Å²) in [7, 11) is 0. The number of anilines is 4. The molecule has 0 saturated heterocycles. The number of fused-ring (bicyclic) bond motifs is 2. The van der Waals surface area contributed by atoms with E-state index in [2.05, 4.69) is 118 Å². The third kappa shape index (κ3) is 4.90. The molecule has 0 aliphatic heterocycles. The van der Waals surface area contributed by atoms with Gasteiger partial charge in [0.05, 0.1) is 0 Å². The van der Waals surface area contributed by atoms with Crippen LogP contribution in [0.4, 0.5) is 23.0 Å². The van der Waals surface area contributed by atoms with E-state index < -0.39 is 0 Å². The van der Waals surface area contributed by atoms with E-state index in [1.807, 2.05) is 48.5 Å². The van der Waals surface area contributed by atoms with Gasteiger partial charge in [-0.05, 0) is 38.1 Å². The van der Waals surface area contributed by atoms with E-state index in [4.69, 9.17) is 0 Å². The first-order valence-electron chi connectivity index (χ1n) is 13.9. The molecule has 0 spiro atoms. The van der Waals surface area contributed by atoms with Gasteiger partial charge >= 0.3 is 0 Å². The van der Waals surface area contributed by atoms with Crippen LogP contribution in [0.25, 0.3) is 44.1 Å². The van der Waals surface area contributed by atoms with E-state index in [-0.39, 0.29) is 0 Å². The predicted molar refractivity (Wildman–Crippen MR) is 172 cm³/mol. The molecule has 7 rings (SSSR count). The molecule has 2 aromatic heterocycles. The van der Waals surface area contributed by atoms with Crippen molar-refractivity contribution in [1.29, 1.82) is 0 Å². The molecule has 0 unspecified atom stereocenters. The smallest absolute Gasteiger partial charge is 0.161 e. The Kier molecular flexibility index (Phi) is 6.49. The molecule has 202 valence electrons. The number of benzene rings is 5. The van der Waals surface area contributed by atoms with Crippen LogP contribution < -0.4 is 10.6 Å². The normalized spacial score (nSPS) is 11.1. The molecule has 0 atom stereocenters. The van der Waals surface area contributed by atoms with Gasteiger partial charge in [0.2, 0.25) is 0 Å². The second-order valence-corrected chi connectivity index (χ2v) is 10.4. The molecule has 6 nitrogen and oxygen atoms in total. The van der Waals surface area contributed by atoms with Gasteiger partial charge in [-0.15, -0.1) is 20.4 Å². The Hall–Kier alpha value is -5.62. The fraction of sp³-hybridized carbons (Fsp3) is 0.0556. The first kappa shape index (κ1) is 25.4. The first-order chi connectivity index (χ1) is 20.6. The van der Waals surface area contributed by atoms with Crippen molar-refractivity contribution in [2.75, 3.05) is 10.6 Å². The number of rotatable bonds is 6. The van der Waals surface area contributed by atoms with Gasteiger partial charge in [-0.1, -0.05) is 108 Å². The molecule has 0 fully saturated rings. The second-order valence-electron chi connectivity index (χ2n) is 10.4. The minimum atomic E-state index is 0.714. The summed E-state index contributed by atoms with van der Waals surface area (Å²) in [6.45, 7) is 4.17. The topological polar surface area (TPSA) is 75.6 Å². The second kappa shape index (κ2) is 10.7. The summed E-state index contributed by atoms with van der Waals surface area (Å²) >= 11 is 0. The largest absolute Gasteiger partial charge is 0.338 e. The SMILES string of the molecule is Cc1ccc(-c2nnc(Nc3ccc(Nc4nnc(-c5ccc(C)cc5)c5ccccc45)cc3)c3ccccc23)cc1. The molecule has 5 aromatic carbocycles. The number of aromatic nitrogens is 4. The van der Waals surface area contributed by atoms with Crippen LogP contribution in [-0.4, -0.2) is 20.4 Å². The maximum atomic E-state index is 4.60. The Morgan fingerprint density at radius 3 is 1.12 bits per heavy atom. The van der Waals surface area contributed by atoms with E-state index in [9.17, 15) is 0 Å². The number of hydrogen-bond donors (Lipinski definition) is 2. The van der Waals surface area contributed by atoms with Gasteiger partial charge in [-0.2, -0.15) is 0 Å². The Morgan fingerprint density at radius 1 is 0.381 bits per heavy atom. The molecule has 0 amide bonds. The van der Waals surface area contributed by atoms with E-state index >= 15 is 0 Å². The summed E-state index contributed by atoms with van der Waals surface area (Å²) in [5, 5.41) is 29.4. The van der Waals surface area contributed by atoms with Crippen LogP contribution in [0.2, 0.25) is 0 Å². The lowest BCUT2D eigenvalue weighted by molar-refractivity contribution is 1.06. The lowest BCUT2D eigenvalue weighted by atomic mass is 10.0. The van der Waals surface area contributed by atoms with Gasteiger partial charge in [0.1, 0.15) is 11.4 Å². The maximum absolute atomic E-state index is 4.60. The zero-order valence-electron chi connectivity index (χ0n) is 23.3. The molecule has 2 N–H and O–H groups in total. The molecule has 0 bridgehead atoms. The average Bonchev–Trinajstić information content (AvgIpc) is 3.03. The van der Waals surface area contributed by atoms with Crippen LogP contribution in [-0.2, 0) is 0 Å². The summed E-state index contributed by atoms with van der Waals surface area (Å²) in [4.78, 5) is 0. The first-order valence-corrected chi connectivity index (χ1v) is 13.9. The highest BCUT2D eigenvalue weighted by molar-refractivity contribution is 6.02. The Bertz CT molecular complexity index is 1880. The van der Waals surface area contributed by atoms with Crippen LogP contribution in [0.3, 0.4) is 0 Å². The fourth-order valence-electron chi connectivity index (χ4n) is 5.15. The van der Waals surface area contributed by atoms with Crippen molar-refractivity contribution in [1.82, 2.24) is 20.4 Å². The van der Waals surface area contributed by atoms with Gasteiger partial charge in [0.15, 0.2) is 11.6 Å². The minimum Gasteiger partial charge on any atom is -0.338 e. The van der Waals surface area contributed by atoms with Crippen molar-refractivity contribution in [3.05, 3.63) is 132 Å². The highest BCUT2D eigenvalue weighted by Crippen LogP contribution is 2.33. The van der Waals surface area contributed by atoms with E-state index in [0.717, 1.165) is 55.4 Å². The average molecular weight is 545 g/mol. The van der Waals surface area contributed by atoms with E-state index in [1.165, 1.54) is 11.1 Å². The molecule has 0 aliphatic carbocycles. The summed E-state index contributed by atoms with van der Waals surface area (Å²) in [5.41, 5.74) is 8.10. The van der Waals surface area contributed by atoms with Gasteiger partial charge in [-0.3, -0.25) is 0 Å². The highest BCUT2D eigenvalue weighted by Gasteiger charge is 2.13. The predicted octanol–water partition coefficient (Wildman–Crippen LogP) is 9.01. The van der Waals surface area contributed by atoms with Crippen LogP contribution in [0.1, 0.15) is 11.1 Å². The van der Waals surface area contributed by atoms with Gasteiger partial charge in [0, 0.05) is 44.0 Å². The number of aryl methyl sites for hydroxylation is 2. The third-order valence-corrected chi connectivity index (χ3v) is 7.43. The monoisotopic (exact) mass is 544 g/mol. The standard InChI is InChI=1S/C36H28N6/c1-23-11-15-25(16-12-23)33-29-7-3-5-9-31(29)35(41-39-33)37-27-19-21-28(22-20-27)38-36-32-10-6-4-8-30(32)34(40-42-36)26-17-13-24(2)14-18-26/h3-22H,1-2H3,(H,37,41)(H,38,42). The molecule has 6 heteroatoms. The quantitative estimate of drug-likeness (QED) is 0.218. The Balaban J connectivity index is 1.15. The van der Waals surface area contributed by atoms with Crippen molar-refractivity contribution >= 4 is 44.6 Å². The maximum Gasteiger partial charge on any atom is 0.161 e. The van der Waals surface area contributed by atoms with Crippen LogP contribution >= 0.6 is 0 Å². The van der Waals surface area contributed by atoms with Gasteiger partial charge < -0.3 is 10.6 Å². The van der Waals surface area contributed by atoms with Crippen molar-refractivity contribution in [3.63, 3.8) is 0 Å². The van der Waals surface area contributed by atoms with Crippen LogP contribution in [0, 0.1) is 13.8 Å². The zero-order valence-corrected chi connectivity index (χ0v) is 23.3. The van der Waals surface area contributed by atoms with Crippen molar-refractivity contribution in [2.45, 2.75) is 13.8 Å². The van der Waals surface area contributed by atoms with E-state index in [1.54, 1.807) is 0 Å². The Morgan fingerprint density at radius 2 is 0.738 bits per heavy atom. The van der Waals surface area contributed by atoms with Crippen molar-refractivity contribution in [2.24, 2.45) is 0 Å². The number of nitrogens with one attached hydrogen (secondary N) is 2. The summed E-state index contributed by atoms with van der Waals surface area (Å²) in [5.74, 6) is 1.43. The van der Waals surface area contributed by atoms with Crippen molar-refractivity contribution in [3.8, 4) is 22.5 Å². The minimum absolute atomic E-state index is 0.714. The van der Waals surface area contributed by atoms with E-state index in [0.29, 0.717) is 11.6 Å². The lowest BCUT2D eigenvalue weighted by Crippen LogP contribution is -2.01. The van der Waals surface area contributed by atoms with Crippen LogP contribution in [0.15, 0.2) is 121 Å². The zero-order chi connectivity index (χ0) is 28.5. The molecule has 42 heavy (non-hydrogen) atoms. The van der Waals surface area contributed by atoms with Crippen LogP contribution in [0.5, 0.6) is 0 Å². The molecule has 7 aromatic rings. The summed E-state index contributed by atoms with van der Waals surface area (Å²) < 4.78 is 0. The molecule has 0 saturated carbocycles. The third-order valence-electron chi connectivity index (χ3n) is 7.43. The molecule has 2 heterocycles. The number of nitrogens with zero attached hydrogens (tertiary/aromatic N) is 4. The highest BCUT2D eigenvalue weighted by atomic mass is 15.2. The van der Waals surface area contributed by atoms with Gasteiger partial charge in [-0.25, -0.2) is 0 Å². The molecular weight excluding hydrogens is 516 g/mol. The molecular formula is C36H28N6. The molecule has 0 aliphatic rings. The van der Waals surface area contributed by atoms with Crippen molar-refractivity contribution < 1.29 is 0 Å². The number of hydrogen-bond acceptors (Lipinski definition) is 6. The lowest BCUT2D eigenvalue weighted by Gasteiger charge is -2.13.